The number of likely N-dealkylation sites (tertiary alicyclic amines) is 1. The average molecular weight is 199 g/mol. The van der Waals surface area contributed by atoms with Crippen LogP contribution in [0.5, 0.6) is 0 Å². The maximum absolute atomic E-state index is 11.9. The third-order valence-electron chi connectivity index (χ3n) is 2.95. The van der Waals surface area contributed by atoms with Gasteiger partial charge in [0.25, 0.3) is 0 Å². The summed E-state index contributed by atoms with van der Waals surface area (Å²) >= 11 is 0. The van der Waals surface area contributed by atoms with Crippen molar-refractivity contribution in [2.45, 2.75) is 45.6 Å². The van der Waals surface area contributed by atoms with Gasteiger partial charge in [-0.3, -0.25) is 4.79 Å². The number of β-amino-alcohol motifs (C(OH)–C–C–N with tert-alkyl or cyclic N) is 1. The number of carbonyl (C=O) groups excluding carboxylic acids is 1. The Hall–Kier alpha value is -0.570. The number of aliphatic hydroxyl groups is 1. The first-order valence-electron chi connectivity index (χ1n) is 5.65. The van der Waals surface area contributed by atoms with E-state index in [0.717, 1.165) is 32.2 Å². The van der Waals surface area contributed by atoms with Crippen molar-refractivity contribution in [3.63, 3.8) is 0 Å². The van der Waals surface area contributed by atoms with Crippen LogP contribution in [-0.2, 0) is 4.79 Å². The molecule has 0 aliphatic carbocycles. The molecule has 3 heteroatoms. The summed E-state index contributed by atoms with van der Waals surface area (Å²) in [5.74, 6) is 0.413. The van der Waals surface area contributed by atoms with Crippen molar-refractivity contribution in [2.24, 2.45) is 5.92 Å². The maximum atomic E-state index is 11.9. The Morgan fingerprint density at radius 3 is 2.71 bits per heavy atom. The van der Waals surface area contributed by atoms with Crippen LogP contribution < -0.4 is 0 Å². The molecule has 0 radical (unpaired) electrons. The zero-order valence-electron chi connectivity index (χ0n) is 9.20. The summed E-state index contributed by atoms with van der Waals surface area (Å²) in [6.07, 6.45) is 3.40. The number of nitrogens with zero attached hydrogens (tertiary/aromatic N) is 1. The molecule has 1 amide bonds. The smallest absolute Gasteiger partial charge is 0.225 e. The highest BCUT2D eigenvalue weighted by Gasteiger charge is 2.28. The SMILES string of the molecule is CCCC(CC)C(=O)N1CCC(O)C1. The second-order valence-electron chi connectivity index (χ2n) is 4.12. The quantitative estimate of drug-likeness (QED) is 0.743. The third-order valence-corrected chi connectivity index (χ3v) is 2.95. The minimum absolute atomic E-state index is 0.172. The van der Waals surface area contributed by atoms with Crippen molar-refractivity contribution >= 4 is 5.91 Å². The van der Waals surface area contributed by atoms with Gasteiger partial charge in [0.05, 0.1) is 6.10 Å². The number of hydrogen-bond acceptors (Lipinski definition) is 2. The largest absolute Gasteiger partial charge is 0.391 e. The fourth-order valence-electron chi connectivity index (χ4n) is 2.05. The lowest BCUT2D eigenvalue weighted by Crippen LogP contribution is -2.34. The van der Waals surface area contributed by atoms with Crippen molar-refractivity contribution in [3.8, 4) is 0 Å². The van der Waals surface area contributed by atoms with Gasteiger partial charge >= 0.3 is 0 Å². The van der Waals surface area contributed by atoms with E-state index in [9.17, 15) is 9.90 Å². The average Bonchev–Trinajstić information content (AvgIpc) is 2.60. The lowest BCUT2D eigenvalue weighted by Gasteiger charge is -2.21. The monoisotopic (exact) mass is 199 g/mol. The first-order valence-corrected chi connectivity index (χ1v) is 5.65. The molecule has 1 aliphatic heterocycles. The molecule has 3 nitrogen and oxygen atoms in total. The summed E-state index contributed by atoms with van der Waals surface area (Å²) < 4.78 is 0. The Morgan fingerprint density at radius 1 is 1.57 bits per heavy atom. The normalized spacial score (nSPS) is 23.9. The predicted octanol–water partition coefficient (Wildman–Crippen LogP) is 1.41. The van der Waals surface area contributed by atoms with Crippen LogP contribution in [0.15, 0.2) is 0 Å². The molecule has 1 aliphatic rings. The number of amides is 1. The number of carbonyl (C=O) groups is 1. The van der Waals surface area contributed by atoms with Crippen LogP contribution in [0.1, 0.15) is 39.5 Å². The molecule has 2 unspecified atom stereocenters. The van der Waals surface area contributed by atoms with Gasteiger partial charge in [-0.05, 0) is 19.3 Å². The lowest BCUT2D eigenvalue weighted by atomic mass is 9.99. The van der Waals surface area contributed by atoms with Crippen LogP contribution in [0.3, 0.4) is 0 Å². The maximum Gasteiger partial charge on any atom is 0.225 e. The van der Waals surface area contributed by atoms with Crippen molar-refractivity contribution in [1.29, 1.82) is 0 Å². The summed E-state index contributed by atoms with van der Waals surface area (Å²) in [5, 5.41) is 9.34. The van der Waals surface area contributed by atoms with E-state index in [-0.39, 0.29) is 17.9 Å². The van der Waals surface area contributed by atoms with E-state index >= 15 is 0 Å². The summed E-state index contributed by atoms with van der Waals surface area (Å²) in [5.41, 5.74) is 0. The van der Waals surface area contributed by atoms with E-state index < -0.39 is 0 Å². The van der Waals surface area contributed by atoms with E-state index in [4.69, 9.17) is 0 Å². The Kier molecular flexibility index (Phi) is 4.39. The van der Waals surface area contributed by atoms with E-state index in [0.29, 0.717) is 6.54 Å². The van der Waals surface area contributed by atoms with Gasteiger partial charge in [0.2, 0.25) is 5.91 Å². The van der Waals surface area contributed by atoms with Gasteiger partial charge in [-0.2, -0.15) is 0 Å². The molecular formula is C11H21NO2. The highest BCUT2D eigenvalue weighted by Crippen LogP contribution is 2.18. The van der Waals surface area contributed by atoms with E-state index in [2.05, 4.69) is 13.8 Å². The summed E-state index contributed by atoms with van der Waals surface area (Å²) in [4.78, 5) is 13.7. The van der Waals surface area contributed by atoms with Crippen molar-refractivity contribution < 1.29 is 9.90 Å². The molecule has 0 aromatic carbocycles. The molecule has 1 fully saturated rings. The highest BCUT2D eigenvalue weighted by atomic mass is 16.3. The minimum Gasteiger partial charge on any atom is -0.391 e. The van der Waals surface area contributed by atoms with Crippen LogP contribution in [0.2, 0.25) is 0 Å². The molecule has 0 spiro atoms. The van der Waals surface area contributed by atoms with Crippen LogP contribution in [-0.4, -0.2) is 35.1 Å². The third kappa shape index (κ3) is 2.71. The highest BCUT2D eigenvalue weighted by molar-refractivity contribution is 5.79. The Bertz CT molecular complexity index is 188. The van der Waals surface area contributed by atoms with Gasteiger partial charge in [-0.15, -0.1) is 0 Å². The van der Waals surface area contributed by atoms with Gasteiger partial charge in [0.1, 0.15) is 0 Å². The molecule has 0 saturated carbocycles. The lowest BCUT2D eigenvalue weighted by molar-refractivity contribution is -0.135. The molecule has 0 aromatic rings. The molecule has 0 aromatic heterocycles. The van der Waals surface area contributed by atoms with Gasteiger partial charge in [-0.1, -0.05) is 20.3 Å². The van der Waals surface area contributed by atoms with Crippen molar-refractivity contribution in [3.05, 3.63) is 0 Å². The minimum atomic E-state index is -0.293. The van der Waals surface area contributed by atoms with E-state index in [1.807, 2.05) is 4.90 Å². The molecule has 1 saturated heterocycles. The molecule has 1 N–H and O–H groups in total. The van der Waals surface area contributed by atoms with Crippen LogP contribution in [0.25, 0.3) is 0 Å². The summed E-state index contributed by atoms with van der Waals surface area (Å²) in [6, 6.07) is 0. The second kappa shape index (κ2) is 5.35. The molecule has 1 heterocycles. The van der Waals surface area contributed by atoms with Crippen LogP contribution in [0, 0.1) is 5.92 Å². The molecular weight excluding hydrogens is 178 g/mol. The van der Waals surface area contributed by atoms with Crippen LogP contribution >= 0.6 is 0 Å². The Labute approximate surface area is 86.1 Å². The Morgan fingerprint density at radius 2 is 2.29 bits per heavy atom. The summed E-state index contributed by atoms with van der Waals surface area (Å²) in [6.45, 7) is 5.44. The first kappa shape index (κ1) is 11.5. The number of aliphatic hydroxyl groups excluding tert-OH is 1. The zero-order chi connectivity index (χ0) is 10.6. The standard InChI is InChI=1S/C11H21NO2/c1-3-5-9(4-2)11(14)12-7-6-10(13)8-12/h9-10,13H,3-8H2,1-2H3. The number of hydrogen-bond donors (Lipinski definition) is 1. The first-order chi connectivity index (χ1) is 6.69. The van der Waals surface area contributed by atoms with Crippen molar-refractivity contribution in [1.82, 2.24) is 4.90 Å². The van der Waals surface area contributed by atoms with Gasteiger partial charge in [0, 0.05) is 19.0 Å². The summed E-state index contributed by atoms with van der Waals surface area (Å²) in [7, 11) is 0. The predicted molar refractivity (Wildman–Crippen MR) is 55.9 cm³/mol. The van der Waals surface area contributed by atoms with E-state index in [1.165, 1.54) is 0 Å². The van der Waals surface area contributed by atoms with Gasteiger partial charge in [0.15, 0.2) is 0 Å². The molecule has 2 atom stereocenters. The van der Waals surface area contributed by atoms with Crippen LogP contribution in [0.4, 0.5) is 0 Å². The molecule has 82 valence electrons. The fraction of sp³-hybridized carbons (Fsp3) is 0.909. The molecule has 0 bridgehead atoms. The van der Waals surface area contributed by atoms with Crippen molar-refractivity contribution in [2.75, 3.05) is 13.1 Å². The van der Waals surface area contributed by atoms with Gasteiger partial charge in [-0.25, -0.2) is 0 Å². The molecule has 14 heavy (non-hydrogen) atoms. The topological polar surface area (TPSA) is 40.5 Å². The van der Waals surface area contributed by atoms with Gasteiger partial charge < -0.3 is 10.0 Å². The second-order valence-corrected chi connectivity index (χ2v) is 4.12. The Balaban J connectivity index is 2.45. The molecule has 1 rings (SSSR count). The van der Waals surface area contributed by atoms with E-state index in [1.54, 1.807) is 0 Å². The number of rotatable bonds is 4. The zero-order valence-corrected chi connectivity index (χ0v) is 9.20. The fourth-order valence-corrected chi connectivity index (χ4v) is 2.05.